The highest BCUT2D eigenvalue weighted by atomic mass is 32.1. The molecule has 0 spiro atoms. The third kappa shape index (κ3) is 3.84. The maximum absolute atomic E-state index is 12.6. The van der Waals surface area contributed by atoms with Gasteiger partial charge in [-0.05, 0) is 11.6 Å². The van der Waals surface area contributed by atoms with Gasteiger partial charge in [-0.3, -0.25) is 9.89 Å². The molecule has 0 saturated heterocycles. The first kappa shape index (κ1) is 19.1. The molecule has 3 heterocycles. The van der Waals surface area contributed by atoms with Crippen molar-refractivity contribution >= 4 is 27.5 Å². The predicted molar refractivity (Wildman–Crippen MR) is 112 cm³/mol. The third-order valence-electron chi connectivity index (χ3n) is 4.51. The van der Waals surface area contributed by atoms with Crippen LogP contribution in [0.4, 0.5) is 0 Å². The molecule has 3 aromatic heterocycles. The molecule has 7 nitrogen and oxygen atoms in total. The number of aromatic nitrogens is 4. The molecule has 4 aromatic rings. The first-order valence-electron chi connectivity index (χ1n) is 9.12. The normalized spacial score (nSPS) is 11.7. The maximum atomic E-state index is 12.6. The van der Waals surface area contributed by atoms with Crippen molar-refractivity contribution in [2.75, 3.05) is 0 Å². The van der Waals surface area contributed by atoms with E-state index < -0.39 is 5.97 Å². The van der Waals surface area contributed by atoms with Gasteiger partial charge in [0.15, 0.2) is 5.69 Å². The number of nitrogens with one attached hydrogen (secondary N) is 2. The SMILES string of the molecule is CC(C)(C)c1cc(C(=O)OCc2nc3scc(-c4ccccc4)c3c(=O)[nH]2)n[nH]1. The van der Waals surface area contributed by atoms with Crippen LogP contribution in [-0.2, 0) is 16.8 Å². The maximum Gasteiger partial charge on any atom is 0.359 e. The highest BCUT2D eigenvalue weighted by molar-refractivity contribution is 7.17. The summed E-state index contributed by atoms with van der Waals surface area (Å²) in [6.07, 6.45) is 0. The van der Waals surface area contributed by atoms with E-state index in [0.717, 1.165) is 16.8 Å². The summed E-state index contributed by atoms with van der Waals surface area (Å²) < 4.78 is 5.29. The molecule has 0 aliphatic rings. The van der Waals surface area contributed by atoms with Crippen LogP contribution < -0.4 is 5.56 Å². The first-order chi connectivity index (χ1) is 13.8. The van der Waals surface area contributed by atoms with Gasteiger partial charge in [-0.15, -0.1) is 11.3 Å². The van der Waals surface area contributed by atoms with Gasteiger partial charge in [-0.2, -0.15) is 5.10 Å². The molecule has 0 fully saturated rings. The van der Waals surface area contributed by atoms with E-state index in [9.17, 15) is 9.59 Å². The van der Waals surface area contributed by atoms with Gasteiger partial charge in [0.2, 0.25) is 0 Å². The summed E-state index contributed by atoms with van der Waals surface area (Å²) in [5.74, 6) is -0.278. The van der Waals surface area contributed by atoms with E-state index in [0.29, 0.717) is 16.0 Å². The van der Waals surface area contributed by atoms with Gasteiger partial charge in [0, 0.05) is 22.1 Å². The van der Waals surface area contributed by atoms with E-state index in [1.54, 1.807) is 6.07 Å². The lowest BCUT2D eigenvalue weighted by molar-refractivity contribution is 0.0455. The van der Waals surface area contributed by atoms with E-state index in [2.05, 4.69) is 20.2 Å². The average molecular weight is 408 g/mol. The number of esters is 1. The number of thiophene rings is 1. The average Bonchev–Trinajstić information content (AvgIpc) is 3.34. The number of H-pyrrole nitrogens is 2. The molecule has 2 N–H and O–H groups in total. The fraction of sp³-hybridized carbons (Fsp3) is 0.238. The summed E-state index contributed by atoms with van der Waals surface area (Å²) >= 11 is 1.38. The van der Waals surface area contributed by atoms with Crippen LogP contribution in [0.2, 0.25) is 0 Å². The zero-order valence-corrected chi connectivity index (χ0v) is 17.1. The van der Waals surface area contributed by atoms with Crippen molar-refractivity contribution in [3.05, 3.63) is 69.3 Å². The second kappa shape index (κ2) is 7.29. The molecule has 8 heteroatoms. The number of carbonyl (C=O) groups is 1. The molecule has 148 valence electrons. The Morgan fingerprint density at radius 3 is 2.66 bits per heavy atom. The minimum atomic E-state index is -0.573. The number of nitrogens with zero attached hydrogens (tertiary/aromatic N) is 2. The van der Waals surface area contributed by atoms with E-state index in [-0.39, 0.29) is 23.3 Å². The zero-order chi connectivity index (χ0) is 20.6. The van der Waals surface area contributed by atoms with Crippen molar-refractivity contribution in [3.63, 3.8) is 0 Å². The van der Waals surface area contributed by atoms with Gasteiger partial charge in [0.1, 0.15) is 17.3 Å². The summed E-state index contributed by atoms with van der Waals surface area (Å²) in [7, 11) is 0. The smallest absolute Gasteiger partial charge is 0.359 e. The fourth-order valence-corrected chi connectivity index (χ4v) is 3.88. The molecule has 0 bridgehead atoms. The molecule has 4 rings (SSSR count). The number of hydrogen-bond acceptors (Lipinski definition) is 6. The monoisotopic (exact) mass is 408 g/mol. The van der Waals surface area contributed by atoms with Crippen molar-refractivity contribution in [1.82, 2.24) is 20.2 Å². The number of aromatic amines is 2. The molecular weight excluding hydrogens is 388 g/mol. The highest BCUT2D eigenvalue weighted by Crippen LogP contribution is 2.30. The Balaban J connectivity index is 1.54. The Bertz CT molecular complexity index is 1230. The summed E-state index contributed by atoms with van der Waals surface area (Å²) in [5, 5.41) is 9.32. The van der Waals surface area contributed by atoms with Crippen molar-refractivity contribution in [2.45, 2.75) is 32.8 Å². The van der Waals surface area contributed by atoms with Crippen LogP contribution in [0.25, 0.3) is 21.3 Å². The second-order valence-electron chi connectivity index (χ2n) is 7.70. The standard InChI is InChI=1S/C21H20N4O3S/c1-21(2,3)15-9-14(24-25-15)20(27)28-10-16-22-18(26)17-13(11-29-19(17)23-16)12-7-5-4-6-8-12/h4-9,11H,10H2,1-3H3,(H,24,25)(H,22,23,26). The van der Waals surface area contributed by atoms with Crippen LogP contribution >= 0.6 is 11.3 Å². The molecular formula is C21H20N4O3S. The molecule has 1 aromatic carbocycles. The molecule has 0 amide bonds. The molecule has 0 saturated carbocycles. The van der Waals surface area contributed by atoms with Gasteiger partial charge >= 0.3 is 5.97 Å². The zero-order valence-electron chi connectivity index (χ0n) is 16.3. The van der Waals surface area contributed by atoms with Gasteiger partial charge in [0.25, 0.3) is 5.56 Å². The van der Waals surface area contributed by atoms with Crippen LogP contribution in [0.3, 0.4) is 0 Å². The number of benzene rings is 1. The lowest BCUT2D eigenvalue weighted by Crippen LogP contribution is -2.14. The van der Waals surface area contributed by atoms with Crippen molar-refractivity contribution in [1.29, 1.82) is 0 Å². The van der Waals surface area contributed by atoms with Crippen LogP contribution in [0.5, 0.6) is 0 Å². The Hall–Kier alpha value is -3.26. The first-order valence-corrected chi connectivity index (χ1v) is 10.00. The third-order valence-corrected chi connectivity index (χ3v) is 5.39. The quantitative estimate of drug-likeness (QED) is 0.497. The van der Waals surface area contributed by atoms with Gasteiger partial charge < -0.3 is 9.72 Å². The number of rotatable bonds is 4. The van der Waals surface area contributed by atoms with E-state index in [1.807, 2.05) is 56.5 Å². The molecule has 0 radical (unpaired) electrons. The number of carbonyl (C=O) groups excluding carboxylic acids is 1. The molecule has 0 unspecified atom stereocenters. The van der Waals surface area contributed by atoms with E-state index in [1.165, 1.54) is 11.3 Å². The van der Waals surface area contributed by atoms with E-state index in [4.69, 9.17) is 4.74 Å². The fourth-order valence-electron chi connectivity index (χ4n) is 2.91. The number of hydrogen-bond donors (Lipinski definition) is 2. The molecule has 0 aliphatic heterocycles. The predicted octanol–water partition coefficient (Wildman–Crippen LogP) is 4.03. The van der Waals surface area contributed by atoms with Crippen LogP contribution in [0.15, 0.2) is 46.6 Å². The van der Waals surface area contributed by atoms with Crippen LogP contribution in [0, 0.1) is 0 Å². The highest BCUT2D eigenvalue weighted by Gasteiger charge is 2.20. The van der Waals surface area contributed by atoms with Crippen LogP contribution in [0.1, 0.15) is 42.8 Å². The van der Waals surface area contributed by atoms with Crippen molar-refractivity contribution in [2.24, 2.45) is 0 Å². The lowest BCUT2D eigenvalue weighted by atomic mass is 9.92. The molecule has 0 aliphatic carbocycles. The topological polar surface area (TPSA) is 101 Å². The summed E-state index contributed by atoms with van der Waals surface area (Å²) in [6, 6.07) is 11.4. The summed E-state index contributed by atoms with van der Waals surface area (Å²) in [5.41, 5.74) is 2.42. The minimum absolute atomic E-state index is 0.139. The number of fused-ring (bicyclic) bond motifs is 1. The van der Waals surface area contributed by atoms with Crippen LogP contribution in [-0.4, -0.2) is 26.1 Å². The molecule has 0 atom stereocenters. The van der Waals surface area contributed by atoms with Gasteiger partial charge in [-0.25, -0.2) is 9.78 Å². The Kier molecular flexibility index (Phi) is 4.79. The molecule has 29 heavy (non-hydrogen) atoms. The Morgan fingerprint density at radius 1 is 1.21 bits per heavy atom. The second-order valence-corrected chi connectivity index (χ2v) is 8.56. The largest absolute Gasteiger partial charge is 0.453 e. The van der Waals surface area contributed by atoms with Crippen molar-refractivity contribution < 1.29 is 9.53 Å². The summed E-state index contributed by atoms with van der Waals surface area (Å²) in [4.78, 5) is 32.7. The summed E-state index contributed by atoms with van der Waals surface area (Å²) in [6.45, 7) is 5.92. The van der Waals surface area contributed by atoms with Gasteiger partial charge in [-0.1, -0.05) is 51.1 Å². The van der Waals surface area contributed by atoms with E-state index >= 15 is 0 Å². The minimum Gasteiger partial charge on any atom is -0.453 e. The lowest BCUT2D eigenvalue weighted by Gasteiger charge is -2.14. The Morgan fingerprint density at radius 2 is 1.97 bits per heavy atom. The Labute approximate surface area is 170 Å². The number of ether oxygens (including phenoxy) is 1. The van der Waals surface area contributed by atoms with Crippen molar-refractivity contribution in [3.8, 4) is 11.1 Å². The van der Waals surface area contributed by atoms with Gasteiger partial charge in [0.05, 0.1) is 5.39 Å².